The molecule has 0 aromatic heterocycles. The Kier molecular flexibility index (Phi) is 3.16. The van der Waals surface area contributed by atoms with E-state index in [4.69, 9.17) is 0 Å². The third-order valence-electron chi connectivity index (χ3n) is 4.39. The van der Waals surface area contributed by atoms with Crippen molar-refractivity contribution in [1.29, 1.82) is 0 Å². The van der Waals surface area contributed by atoms with E-state index in [1.54, 1.807) is 0 Å². The maximum atomic E-state index is 3.85. The van der Waals surface area contributed by atoms with Crippen molar-refractivity contribution in [2.45, 2.75) is 65.0 Å². The van der Waals surface area contributed by atoms with Gasteiger partial charge in [-0.15, -0.1) is 0 Å². The van der Waals surface area contributed by atoms with E-state index in [1.165, 1.54) is 32.1 Å². The Morgan fingerprint density at radius 2 is 1.86 bits per heavy atom. The van der Waals surface area contributed by atoms with Crippen LogP contribution in [0.1, 0.15) is 52.9 Å². The molecule has 1 saturated carbocycles. The third-order valence-corrected chi connectivity index (χ3v) is 4.39. The first-order valence-electron chi connectivity index (χ1n) is 6.44. The number of piperidine rings is 1. The standard InChI is InChI=1S/C13H25N/c1-9(2)12-6-4-5-11-8-7-10(3)14-13(11)12/h9-14H,4-8H2,1-3H3/t10?,11?,12-,13?/m0/s1. The van der Waals surface area contributed by atoms with Gasteiger partial charge in [-0.25, -0.2) is 0 Å². The van der Waals surface area contributed by atoms with Gasteiger partial charge in [-0.3, -0.25) is 0 Å². The molecule has 1 heteroatoms. The number of rotatable bonds is 1. The average Bonchev–Trinajstić information content (AvgIpc) is 2.16. The van der Waals surface area contributed by atoms with E-state index in [0.717, 1.165) is 29.8 Å². The summed E-state index contributed by atoms with van der Waals surface area (Å²) in [4.78, 5) is 0. The minimum absolute atomic E-state index is 0.760. The molecule has 4 atom stereocenters. The molecule has 0 amide bonds. The van der Waals surface area contributed by atoms with Gasteiger partial charge in [0.15, 0.2) is 0 Å². The van der Waals surface area contributed by atoms with Crippen LogP contribution in [-0.2, 0) is 0 Å². The average molecular weight is 195 g/mol. The molecule has 0 aromatic rings. The molecule has 1 nitrogen and oxygen atoms in total. The Morgan fingerprint density at radius 1 is 1.07 bits per heavy atom. The van der Waals surface area contributed by atoms with Crippen molar-refractivity contribution in [2.24, 2.45) is 17.8 Å². The molecule has 0 bridgehead atoms. The lowest BCUT2D eigenvalue weighted by atomic mass is 9.68. The summed E-state index contributed by atoms with van der Waals surface area (Å²) in [5.41, 5.74) is 0. The smallest absolute Gasteiger partial charge is 0.0128 e. The second-order valence-electron chi connectivity index (χ2n) is 5.77. The summed E-state index contributed by atoms with van der Waals surface area (Å²) < 4.78 is 0. The first-order chi connectivity index (χ1) is 6.68. The zero-order chi connectivity index (χ0) is 10.1. The zero-order valence-electron chi connectivity index (χ0n) is 9.92. The SMILES string of the molecule is CC1CCC2CCC[C@@H](C(C)C)C2N1. The summed E-state index contributed by atoms with van der Waals surface area (Å²) >= 11 is 0. The fourth-order valence-corrected chi connectivity index (χ4v) is 3.53. The van der Waals surface area contributed by atoms with Crippen LogP contribution in [0.5, 0.6) is 0 Å². The fraction of sp³-hybridized carbons (Fsp3) is 1.00. The van der Waals surface area contributed by atoms with Crippen LogP contribution < -0.4 is 5.32 Å². The number of nitrogens with one attached hydrogen (secondary N) is 1. The van der Waals surface area contributed by atoms with Crippen LogP contribution in [0.3, 0.4) is 0 Å². The van der Waals surface area contributed by atoms with Gasteiger partial charge in [0.1, 0.15) is 0 Å². The molecule has 82 valence electrons. The molecule has 2 rings (SSSR count). The Balaban J connectivity index is 2.04. The lowest BCUT2D eigenvalue weighted by Gasteiger charge is -2.46. The van der Waals surface area contributed by atoms with Crippen LogP contribution in [0.25, 0.3) is 0 Å². The fourth-order valence-electron chi connectivity index (χ4n) is 3.53. The molecule has 0 spiro atoms. The van der Waals surface area contributed by atoms with Crippen molar-refractivity contribution in [1.82, 2.24) is 5.32 Å². The van der Waals surface area contributed by atoms with Crippen molar-refractivity contribution in [3.63, 3.8) is 0 Å². The van der Waals surface area contributed by atoms with E-state index in [0.29, 0.717) is 0 Å². The molecule has 0 radical (unpaired) electrons. The van der Waals surface area contributed by atoms with Crippen molar-refractivity contribution >= 4 is 0 Å². The third kappa shape index (κ3) is 1.98. The molecule has 1 aliphatic carbocycles. The highest BCUT2D eigenvalue weighted by Crippen LogP contribution is 2.38. The Labute approximate surface area is 88.7 Å². The van der Waals surface area contributed by atoms with Gasteiger partial charge in [-0.05, 0) is 50.4 Å². The summed E-state index contributed by atoms with van der Waals surface area (Å²) in [5.74, 6) is 2.80. The molecule has 1 aliphatic heterocycles. The lowest BCUT2D eigenvalue weighted by molar-refractivity contribution is 0.0974. The molecule has 2 fully saturated rings. The predicted molar refractivity (Wildman–Crippen MR) is 61.3 cm³/mol. The predicted octanol–water partition coefficient (Wildman–Crippen LogP) is 3.20. The Morgan fingerprint density at radius 3 is 2.57 bits per heavy atom. The van der Waals surface area contributed by atoms with E-state index in [-0.39, 0.29) is 0 Å². The first-order valence-corrected chi connectivity index (χ1v) is 6.44. The van der Waals surface area contributed by atoms with Crippen molar-refractivity contribution in [3.05, 3.63) is 0 Å². The maximum absolute atomic E-state index is 3.85. The first kappa shape index (κ1) is 10.5. The van der Waals surface area contributed by atoms with E-state index in [1.807, 2.05) is 0 Å². The Bertz CT molecular complexity index is 188. The molecular formula is C13H25N. The minimum Gasteiger partial charge on any atom is -0.311 e. The summed E-state index contributed by atoms with van der Waals surface area (Å²) in [5, 5.41) is 3.85. The molecule has 0 aromatic carbocycles. The van der Waals surface area contributed by atoms with Crippen LogP contribution in [0.2, 0.25) is 0 Å². The second-order valence-corrected chi connectivity index (χ2v) is 5.77. The van der Waals surface area contributed by atoms with Crippen molar-refractivity contribution < 1.29 is 0 Å². The summed E-state index contributed by atoms with van der Waals surface area (Å²) in [6, 6.07) is 1.60. The minimum atomic E-state index is 0.760. The molecule has 1 N–H and O–H groups in total. The monoisotopic (exact) mass is 195 g/mol. The van der Waals surface area contributed by atoms with Crippen LogP contribution in [0.15, 0.2) is 0 Å². The largest absolute Gasteiger partial charge is 0.311 e. The Hall–Kier alpha value is -0.0400. The molecule has 2 aliphatic rings. The van der Waals surface area contributed by atoms with Gasteiger partial charge in [0.05, 0.1) is 0 Å². The summed E-state index contributed by atoms with van der Waals surface area (Å²) in [7, 11) is 0. The van der Waals surface area contributed by atoms with Gasteiger partial charge >= 0.3 is 0 Å². The molecule has 3 unspecified atom stereocenters. The van der Waals surface area contributed by atoms with Crippen LogP contribution >= 0.6 is 0 Å². The highest BCUT2D eigenvalue weighted by atomic mass is 15.0. The van der Waals surface area contributed by atoms with Gasteiger partial charge in [-0.1, -0.05) is 20.3 Å². The quantitative estimate of drug-likeness (QED) is 0.677. The van der Waals surface area contributed by atoms with Gasteiger partial charge in [0, 0.05) is 12.1 Å². The van der Waals surface area contributed by atoms with Gasteiger partial charge in [0.25, 0.3) is 0 Å². The molecule has 14 heavy (non-hydrogen) atoms. The highest BCUT2D eigenvalue weighted by molar-refractivity contribution is 4.93. The molecule has 1 saturated heterocycles. The highest BCUT2D eigenvalue weighted by Gasteiger charge is 2.37. The van der Waals surface area contributed by atoms with Gasteiger partial charge in [0.2, 0.25) is 0 Å². The van der Waals surface area contributed by atoms with Crippen molar-refractivity contribution in [2.75, 3.05) is 0 Å². The number of hydrogen-bond acceptors (Lipinski definition) is 1. The second kappa shape index (κ2) is 4.22. The van der Waals surface area contributed by atoms with E-state index in [2.05, 4.69) is 26.1 Å². The van der Waals surface area contributed by atoms with Gasteiger partial charge < -0.3 is 5.32 Å². The molecule has 1 heterocycles. The summed E-state index contributed by atoms with van der Waals surface area (Å²) in [6.45, 7) is 7.14. The van der Waals surface area contributed by atoms with Crippen LogP contribution in [0.4, 0.5) is 0 Å². The van der Waals surface area contributed by atoms with E-state index < -0.39 is 0 Å². The maximum Gasteiger partial charge on any atom is 0.0128 e. The lowest BCUT2D eigenvalue weighted by Crippen LogP contribution is -2.53. The zero-order valence-corrected chi connectivity index (χ0v) is 9.92. The summed E-state index contributed by atoms with van der Waals surface area (Å²) in [6.07, 6.45) is 7.28. The van der Waals surface area contributed by atoms with Crippen LogP contribution in [-0.4, -0.2) is 12.1 Å². The van der Waals surface area contributed by atoms with E-state index >= 15 is 0 Å². The van der Waals surface area contributed by atoms with Gasteiger partial charge in [-0.2, -0.15) is 0 Å². The van der Waals surface area contributed by atoms with Crippen molar-refractivity contribution in [3.8, 4) is 0 Å². The topological polar surface area (TPSA) is 12.0 Å². The van der Waals surface area contributed by atoms with E-state index in [9.17, 15) is 0 Å². The molecular weight excluding hydrogens is 170 g/mol. The number of fused-ring (bicyclic) bond motifs is 1. The van der Waals surface area contributed by atoms with Crippen LogP contribution in [0, 0.1) is 17.8 Å². The number of hydrogen-bond donors (Lipinski definition) is 1. The normalized spacial score (nSPS) is 43.7.